The van der Waals surface area contributed by atoms with Gasteiger partial charge in [-0.3, -0.25) is 4.79 Å². The van der Waals surface area contributed by atoms with Gasteiger partial charge in [-0.25, -0.2) is 0 Å². The molecule has 1 aromatic carbocycles. The molecule has 0 saturated carbocycles. The summed E-state index contributed by atoms with van der Waals surface area (Å²) >= 11 is 0. The Balaban J connectivity index is 1.52. The Morgan fingerprint density at radius 1 is 1.19 bits per heavy atom. The molecule has 2 aliphatic heterocycles. The summed E-state index contributed by atoms with van der Waals surface area (Å²) in [5.74, 6) is 1.53. The van der Waals surface area contributed by atoms with Crippen LogP contribution in [0.15, 0.2) is 24.3 Å². The summed E-state index contributed by atoms with van der Waals surface area (Å²) in [5, 5.41) is 1.05. The van der Waals surface area contributed by atoms with Gasteiger partial charge in [0.25, 0.3) is 5.91 Å². The molecule has 0 aliphatic carbocycles. The molecular formula is C22H31N3O2. The maximum Gasteiger partial charge on any atom is 0.270 e. The molecular weight excluding hydrogens is 338 g/mol. The first-order chi connectivity index (χ1) is 13.1. The number of methoxy groups -OCH3 is 1. The molecule has 2 saturated heterocycles. The van der Waals surface area contributed by atoms with Gasteiger partial charge in [-0.2, -0.15) is 0 Å². The molecule has 3 heterocycles. The van der Waals surface area contributed by atoms with Crippen LogP contribution in [0.25, 0.3) is 10.9 Å². The number of aryl methyl sites for hydroxylation is 1. The van der Waals surface area contributed by atoms with Crippen LogP contribution in [-0.2, 0) is 7.05 Å². The number of carbonyl (C=O) groups is 1. The number of nitrogens with zero attached hydrogens (tertiary/aromatic N) is 3. The van der Waals surface area contributed by atoms with E-state index in [2.05, 4.69) is 4.90 Å². The number of rotatable bonds is 4. The smallest absolute Gasteiger partial charge is 0.270 e. The monoisotopic (exact) mass is 369 g/mol. The van der Waals surface area contributed by atoms with Crippen LogP contribution in [-0.4, -0.2) is 60.1 Å². The first kappa shape index (κ1) is 18.4. The standard InChI is InChI=1S/C22H31N3O2/c1-23(15-16-7-6-12-25-11-5-4-8-20(16)25)22(26)21-14-17-13-18(27-3)9-10-19(17)24(21)2/h9-10,13-14,16,20H,4-8,11-12,15H2,1-3H3. The first-order valence-electron chi connectivity index (χ1n) is 10.2. The van der Waals surface area contributed by atoms with Crippen molar-refractivity contribution in [2.24, 2.45) is 13.0 Å². The fraction of sp³-hybridized carbons (Fsp3) is 0.591. The molecule has 5 nitrogen and oxygen atoms in total. The Kier molecular flexibility index (Phi) is 5.13. The van der Waals surface area contributed by atoms with Gasteiger partial charge < -0.3 is 19.1 Å². The fourth-order valence-electron chi connectivity index (χ4n) is 5.08. The van der Waals surface area contributed by atoms with Crippen LogP contribution < -0.4 is 4.74 Å². The summed E-state index contributed by atoms with van der Waals surface area (Å²) in [7, 11) is 5.60. The lowest BCUT2D eigenvalue weighted by molar-refractivity contribution is 0.0400. The minimum absolute atomic E-state index is 0.112. The molecule has 0 radical (unpaired) electrons. The highest BCUT2D eigenvalue weighted by atomic mass is 16.5. The van der Waals surface area contributed by atoms with Crippen LogP contribution in [0.1, 0.15) is 42.6 Å². The van der Waals surface area contributed by atoms with Crippen molar-refractivity contribution in [3.8, 4) is 5.75 Å². The third-order valence-corrected chi connectivity index (χ3v) is 6.55. The minimum atomic E-state index is 0.112. The van der Waals surface area contributed by atoms with E-state index in [0.717, 1.165) is 28.9 Å². The van der Waals surface area contributed by atoms with Gasteiger partial charge in [-0.15, -0.1) is 0 Å². The molecule has 1 amide bonds. The quantitative estimate of drug-likeness (QED) is 0.827. The molecule has 1 aromatic heterocycles. The van der Waals surface area contributed by atoms with E-state index in [1.54, 1.807) is 7.11 Å². The van der Waals surface area contributed by atoms with Gasteiger partial charge in [-0.1, -0.05) is 6.42 Å². The number of carbonyl (C=O) groups excluding carboxylic acids is 1. The number of ether oxygens (including phenoxy) is 1. The highest BCUT2D eigenvalue weighted by Gasteiger charge is 2.34. The lowest BCUT2D eigenvalue weighted by atomic mass is 9.83. The van der Waals surface area contributed by atoms with Crippen LogP contribution in [0.5, 0.6) is 5.75 Å². The highest BCUT2D eigenvalue weighted by molar-refractivity contribution is 5.98. The number of hydrogen-bond acceptors (Lipinski definition) is 3. The Hall–Kier alpha value is -2.01. The topological polar surface area (TPSA) is 37.7 Å². The fourth-order valence-corrected chi connectivity index (χ4v) is 5.08. The van der Waals surface area contributed by atoms with Crippen molar-refractivity contribution in [2.45, 2.75) is 38.1 Å². The van der Waals surface area contributed by atoms with Gasteiger partial charge in [0, 0.05) is 37.6 Å². The number of benzene rings is 1. The van der Waals surface area contributed by atoms with Crippen LogP contribution in [0, 0.1) is 5.92 Å². The van der Waals surface area contributed by atoms with Crippen molar-refractivity contribution in [3.63, 3.8) is 0 Å². The zero-order valence-electron chi connectivity index (χ0n) is 16.8. The molecule has 5 heteroatoms. The average molecular weight is 370 g/mol. The van der Waals surface area contributed by atoms with Crippen LogP contribution in [0.2, 0.25) is 0 Å². The third-order valence-electron chi connectivity index (χ3n) is 6.55. The summed E-state index contributed by atoms with van der Waals surface area (Å²) in [6, 6.07) is 8.61. The van der Waals surface area contributed by atoms with E-state index in [9.17, 15) is 4.79 Å². The molecule has 0 bridgehead atoms. The number of amides is 1. The molecule has 146 valence electrons. The molecule has 0 spiro atoms. The second kappa shape index (κ2) is 7.55. The SMILES string of the molecule is COc1ccc2c(c1)cc(C(=O)N(C)CC1CCCN3CCCCC13)n2C. The van der Waals surface area contributed by atoms with E-state index >= 15 is 0 Å². The maximum absolute atomic E-state index is 13.2. The Morgan fingerprint density at radius 2 is 2.00 bits per heavy atom. The summed E-state index contributed by atoms with van der Waals surface area (Å²) in [6.07, 6.45) is 6.46. The van der Waals surface area contributed by atoms with Crippen molar-refractivity contribution in [2.75, 3.05) is 33.8 Å². The predicted octanol–water partition coefficient (Wildman–Crippen LogP) is 3.52. The molecule has 4 rings (SSSR count). The van der Waals surface area contributed by atoms with Crippen LogP contribution in [0.3, 0.4) is 0 Å². The zero-order valence-corrected chi connectivity index (χ0v) is 16.8. The number of piperidine rings is 2. The normalized spacial score (nSPS) is 23.2. The molecule has 2 aliphatic rings. The van der Waals surface area contributed by atoms with Crippen LogP contribution >= 0.6 is 0 Å². The zero-order chi connectivity index (χ0) is 19.0. The van der Waals surface area contributed by atoms with Crippen LogP contribution in [0.4, 0.5) is 0 Å². The average Bonchev–Trinajstić information content (AvgIpc) is 3.03. The van der Waals surface area contributed by atoms with Gasteiger partial charge in [0.1, 0.15) is 11.4 Å². The summed E-state index contributed by atoms with van der Waals surface area (Å²) in [4.78, 5) is 17.8. The van der Waals surface area contributed by atoms with Gasteiger partial charge in [0.05, 0.1) is 7.11 Å². The Labute approximate surface area is 161 Å². The van der Waals surface area contributed by atoms with E-state index in [0.29, 0.717) is 12.0 Å². The number of fused-ring (bicyclic) bond motifs is 2. The van der Waals surface area contributed by atoms with Crippen molar-refractivity contribution >= 4 is 16.8 Å². The van der Waals surface area contributed by atoms with Gasteiger partial charge in [0.2, 0.25) is 0 Å². The summed E-state index contributed by atoms with van der Waals surface area (Å²) in [5.41, 5.74) is 1.81. The third kappa shape index (κ3) is 3.45. The molecule has 0 N–H and O–H groups in total. The van der Waals surface area contributed by atoms with E-state index < -0.39 is 0 Å². The lowest BCUT2D eigenvalue weighted by Crippen LogP contribution is -2.51. The van der Waals surface area contributed by atoms with Crippen molar-refractivity contribution in [3.05, 3.63) is 30.0 Å². The summed E-state index contributed by atoms with van der Waals surface area (Å²) in [6.45, 7) is 3.33. The van der Waals surface area contributed by atoms with E-state index in [4.69, 9.17) is 4.74 Å². The maximum atomic E-state index is 13.2. The van der Waals surface area contributed by atoms with Crippen molar-refractivity contribution in [1.29, 1.82) is 0 Å². The number of hydrogen-bond donors (Lipinski definition) is 0. The molecule has 2 atom stereocenters. The predicted molar refractivity (Wildman–Crippen MR) is 108 cm³/mol. The molecule has 27 heavy (non-hydrogen) atoms. The Morgan fingerprint density at radius 3 is 2.81 bits per heavy atom. The van der Waals surface area contributed by atoms with E-state index in [1.807, 2.05) is 47.8 Å². The Bertz CT molecular complexity index is 826. The largest absolute Gasteiger partial charge is 0.497 e. The van der Waals surface area contributed by atoms with Gasteiger partial charge >= 0.3 is 0 Å². The minimum Gasteiger partial charge on any atom is -0.497 e. The van der Waals surface area contributed by atoms with Crippen molar-refractivity contribution < 1.29 is 9.53 Å². The van der Waals surface area contributed by atoms with E-state index in [1.165, 1.54) is 45.2 Å². The highest BCUT2D eigenvalue weighted by Crippen LogP contribution is 2.32. The lowest BCUT2D eigenvalue weighted by Gasteiger charge is -2.45. The van der Waals surface area contributed by atoms with Gasteiger partial charge in [-0.05, 0) is 69.0 Å². The van der Waals surface area contributed by atoms with Crippen molar-refractivity contribution in [1.82, 2.24) is 14.4 Å². The van der Waals surface area contributed by atoms with Gasteiger partial charge in [0.15, 0.2) is 0 Å². The molecule has 2 fully saturated rings. The molecule has 2 aromatic rings. The second-order valence-electron chi connectivity index (χ2n) is 8.20. The molecule has 2 unspecified atom stereocenters. The van der Waals surface area contributed by atoms with E-state index in [-0.39, 0.29) is 5.91 Å². The first-order valence-corrected chi connectivity index (χ1v) is 10.2. The summed E-state index contributed by atoms with van der Waals surface area (Å²) < 4.78 is 7.32. The number of aromatic nitrogens is 1. The second-order valence-corrected chi connectivity index (χ2v) is 8.20.